The van der Waals surface area contributed by atoms with Gasteiger partial charge >= 0.3 is 6.03 Å². The topological polar surface area (TPSA) is 84.2 Å². The van der Waals surface area contributed by atoms with Crippen molar-refractivity contribution in [2.45, 2.75) is 38.3 Å². The summed E-state index contributed by atoms with van der Waals surface area (Å²) in [6, 6.07) is -0.642. The molecular weight excluding hydrogens is 170 g/mol. The summed E-state index contributed by atoms with van der Waals surface area (Å²) < 4.78 is 0. The van der Waals surface area contributed by atoms with Gasteiger partial charge in [0.15, 0.2) is 0 Å². The first kappa shape index (κ1) is 9.83. The number of amides is 3. The van der Waals surface area contributed by atoms with Crippen molar-refractivity contribution in [1.29, 1.82) is 0 Å². The smallest absolute Gasteiger partial charge is 0.315 e. The average Bonchev–Trinajstić information content (AvgIpc) is 1.96. The number of nitrogens with two attached hydrogens (primary N) is 1. The van der Waals surface area contributed by atoms with Crippen LogP contribution in [0.5, 0.6) is 0 Å². The van der Waals surface area contributed by atoms with Crippen molar-refractivity contribution in [3.63, 3.8) is 0 Å². The Kier molecular flexibility index (Phi) is 3.11. The van der Waals surface area contributed by atoms with E-state index in [4.69, 9.17) is 5.73 Å². The summed E-state index contributed by atoms with van der Waals surface area (Å²) in [6.07, 6.45) is 3.22. The summed E-state index contributed by atoms with van der Waals surface area (Å²) in [5.74, 6) is -0.524. The third-order valence-electron chi connectivity index (χ3n) is 2.21. The fraction of sp³-hybridized carbons (Fsp3) is 0.750. The molecule has 13 heavy (non-hydrogen) atoms. The lowest BCUT2D eigenvalue weighted by Gasteiger charge is -2.26. The molecule has 0 aromatic heterocycles. The van der Waals surface area contributed by atoms with Crippen molar-refractivity contribution in [2.75, 3.05) is 0 Å². The van der Waals surface area contributed by atoms with Gasteiger partial charge in [0.05, 0.1) is 0 Å². The molecule has 0 spiro atoms. The Morgan fingerprint density at radius 1 is 1.46 bits per heavy atom. The first-order valence-corrected chi connectivity index (χ1v) is 4.46. The van der Waals surface area contributed by atoms with Crippen LogP contribution in [-0.4, -0.2) is 24.0 Å². The van der Waals surface area contributed by atoms with Crippen LogP contribution in [0, 0.1) is 0 Å². The molecule has 0 radical (unpaired) electrons. The Hall–Kier alpha value is -1.26. The minimum absolute atomic E-state index is 0.278. The second kappa shape index (κ2) is 4.11. The highest BCUT2D eigenvalue weighted by Crippen LogP contribution is 2.17. The molecule has 0 aliphatic heterocycles. The Balaban J connectivity index is 2.19. The van der Waals surface area contributed by atoms with Crippen molar-refractivity contribution in [1.82, 2.24) is 10.6 Å². The second-order valence-electron chi connectivity index (χ2n) is 3.37. The number of carbonyl (C=O) groups is 2. The minimum Gasteiger partial charge on any atom is -0.368 e. The standard InChI is InChI=1S/C8H15N3O2/c1-5(7(9)12)10-8(13)11-6-3-2-4-6/h5-6H,2-4H2,1H3,(H2,9,12)(H2,10,11,13)/t5-/m0/s1. The zero-order valence-electron chi connectivity index (χ0n) is 7.67. The molecule has 1 aliphatic rings. The zero-order chi connectivity index (χ0) is 9.84. The quantitative estimate of drug-likeness (QED) is 0.564. The van der Waals surface area contributed by atoms with E-state index in [0.717, 1.165) is 19.3 Å². The normalized spacial score (nSPS) is 18.5. The molecular formula is C8H15N3O2. The second-order valence-corrected chi connectivity index (χ2v) is 3.37. The maximum atomic E-state index is 11.1. The number of hydrogen-bond donors (Lipinski definition) is 3. The van der Waals surface area contributed by atoms with Gasteiger partial charge in [0.1, 0.15) is 6.04 Å². The van der Waals surface area contributed by atoms with Crippen LogP contribution in [0.1, 0.15) is 26.2 Å². The number of hydrogen-bond acceptors (Lipinski definition) is 2. The molecule has 0 heterocycles. The monoisotopic (exact) mass is 185 g/mol. The molecule has 1 rings (SSSR count). The summed E-state index contributed by atoms with van der Waals surface area (Å²) in [7, 11) is 0. The van der Waals surface area contributed by atoms with Crippen LogP contribution in [0.2, 0.25) is 0 Å². The van der Waals surface area contributed by atoms with E-state index in [9.17, 15) is 9.59 Å². The number of nitrogens with one attached hydrogen (secondary N) is 2. The van der Waals surface area contributed by atoms with Crippen LogP contribution in [0.15, 0.2) is 0 Å². The number of carbonyl (C=O) groups excluding carboxylic acids is 2. The summed E-state index contributed by atoms with van der Waals surface area (Å²) >= 11 is 0. The van der Waals surface area contributed by atoms with E-state index in [0.29, 0.717) is 0 Å². The molecule has 1 atom stereocenters. The molecule has 0 bridgehead atoms. The predicted molar refractivity (Wildman–Crippen MR) is 48.0 cm³/mol. The summed E-state index contributed by atoms with van der Waals surface area (Å²) in [6.45, 7) is 1.56. The van der Waals surface area contributed by atoms with Gasteiger partial charge in [-0.2, -0.15) is 0 Å². The molecule has 1 saturated carbocycles. The molecule has 74 valence electrons. The summed E-state index contributed by atoms with van der Waals surface area (Å²) in [5, 5.41) is 5.20. The Bertz CT molecular complexity index is 213. The van der Waals surface area contributed by atoms with Crippen LogP contribution >= 0.6 is 0 Å². The van der Waals surface area contributed by atoms with Crippen molar-refractivity contribution in [2.24, 2.45) is 5.73 Å². The molecule has 4 N–H and O–H groups in total. The molecule has 5 nitrogen and oxygen atoms in total. The molecule has 0 aromatic rings. The van der Waals surface area contributed by atoms with E-state index in [-0.39, 0.29) is 12.1 Å². The van der Waals surface area contributed by atoms with Crippen molar-refractivity contribution >= 4 is 11.9 Å². The highest BCUT2D eigenvalue weighted by Gasteiger charge is 2.20. The van der Waals surface area contributed by atoms with E-state index >= 15 is 0 Å². The van der Waals surface area contributed by atoms with Gasteiger partial charge in [0, 0.05) is 6.04 Å². The molecule has 3 amide bonds. The van der Waals surface area contributed by atoms with Crippen LogP contribution in [0.4, 0.5) is 4.79 Å². The predicted octanol–water partition coefficient (Wildman–Crippen LogP) is -0.288. The largest absolute Gasteiger partial charge is 0.368 e. The lowest BCUT2D eigenvalue weighted by atomic mass is 9.93. The number of primary amides is 1. The van der Waals surface area contributed by atoms with Crippen molar-refractivity contribution < 1.29 is 9.59 Å². The lowest BCUT2D eigenvalue weighted by Crippen LogP contribution is -2.50. The maximum absolute atomic E-state index is 11.1. The number of urea groups is 1. The van der Waals surface area contributed by atoms with Gasteiger partial charge in [-0.25, -0.2) is 4.79 Å². The summed E-state index contributed by atoms with van der Waals surface area (Å²) in [4.78, 5) is 21.7. The molecule has 0 unspecified atom stereocenters. The molecule has 1 fully saturated rings. The average molecular weight is 185 g/mol. The van der Waals surface area contributed by atoms with Crippen molar-refractivity contribution in [3.05, 3.63) is 0 Å². The van der Waals surface area contributed by atoms with Gasteiger partial charge in [-0.3, -0.25) is 4.79 Å². The third kappa shape index (κ3) is 2.93. The lowest BCUT2D eigenvalue weighted by molar-refractivity contribution is -0.119. The highest BCUT2D eigenvalue weighted by atomic mass is 16.2. The summed E-state index contributed by atoms with van der Waals surface area (Å²) in [5.41, 5.74) is 4.98. The van der Waals surface area contributed by atoms with Gasteiger partial charge in [-0.1, -0.05) is 0 Å². The SMILES string of the molecule is C[C@H](NC(=O)NC1CCC1)C(N)=O. The first-order valence-electron chi connectivity index (χ1n) is 4.46. The van der Waals surface area contributed by atoms with Crippen LogP contribution < -0.4 is 16.4 Å². The first-order chi connectivity index (χ1) is 6.09. The van der Waals surface area contributed by atoms with E-state index < -0.39 is 11.9 Å². The Morgan fingerprint density at radius 2 is 2.08 bits per heavy atom. The highest BCUT2D eigenvalue weighted by molar-refractivity contribution is 5.85. The van der Waals surface area contributed by atoms with Gasteiger partial charge in [-0.05, 0) is 26.2 Å². The molecule has 1 aliphatic carbocycles. The van der Waals surface area contributed by atoms with E-state index in [2.05, 4.69) is 10.6 Å². The van der Waals surface area contributed by atoms with Crippen LogP contribution in [0.3, 0.4) is 0 Å². The fourth-order valence-electron chi connectivity index (χ4n) is 1.05. The van der Waals surface area contributed by atoms with E-state index in [1.54, 1.807) is 6.92 Å². The van der Waals surface area contributed by atoms with Crippen molar-refractivity contribution in [3.8, 4) is 0 Å². The van der Waals surface area contributed by atoms with Gasteiger partial charge < -0.3 is 16.4 Å². The van der Waals surface area contributed by atoms with Gasteiger partial charge in [-0.15, -0.1) is 0 Å². The van der Waals surface area contributed by atoms with E-state index in [1.807, 2.05) is 0 Å². The van der Waals surface area contributed by atoms with Gasteiger partial charge in [0.25, 0.3) is 0 Å². The molecule has 0 saturated heterocycles. The Labute approximate surface area is 77.1 Å². The Morgan fingerprint density at radius 3 is 2.46 bits per heavy atom. The van der Waals surface area contributed by atoms with Crippen LogP contribution in [0.25, 0.3) is 0 Å². The number of rotatable bonds is 3. The van der Waals surface area contributed by atoms with E-state index in [1.165, 1.54) is 0 Å². The minimum atomic E-state index is -0.611. The third-order valence-corrected chi connectivity index (χ3v) is 2.21. The maximum Gasteiger partial charge on any atom is 0.315 e. The zero-order valence-corrected chi connectivity index (χ0v) is 7.67. The fourth-order valence-corrected chi connectivity index (χ4v) is 1.05. The van der Waals surface area contributed by atoms with Gasteiger partial charge in [0.2, 0.25) is 5.91 Å². The molecule has 0 aromatic carbocycles. The van der Waals surface area contributed by atoms with Crippen LogP contribution in [-0.2, 0) is 4.79 Å². The molecule has 5 heteroatoms.